The van der Waals surface area contributed by atoms with E-state index in [1.54, 1.807) is 38.1 Å². The van der Waals surface area contributed by atoms with Crippen LogP contribution >= 0.6 is 0 Å². The quantitative estimate of drug-likeness (QED) is 0.768. The molecule has 1 aromatic carbocycles. The van der Waals surface area contributed by atoms with Crippen LogP contribution < -0.4 is 4.74 Å². The first-order valence-electron chi connectivity index (χ1n) is 5.37. The fourth-order valence-corrected chi connectivity index (χ4v) is 1.45. The zero-order chi connectivity index (χ0) is 13.2. The lowest BCUT2D eigenvalue weighted by Gasteiger charge is -2.25. The fraction of sp³-hybridized carbons (Fsp3) is 0.417. The van der Waals surface area contributed by atoms with Crippen LogP contribution in [0.2, 0.25) is 0 Å². The molecular formula is C12H13N3O3. The summed E-state index contributed by atoms with van der Waals surface area (Å²) < 4.78 is 16.2. The molecule has 94 valence electrons. The van der Waals surface area contributed by atoms with Gasteiger partial charge in [-0.3, -0.25) is 9.47 Å². The summed E-state index contributed by atoms with van der Waals surface area (Å²) in [5.41, 5.74) is -0.245. The minimum absolute atomic E-state index is 0.479. The van der Waals surface area contributed by atoms with Crippen LogP contribution in [0.15, 0.2) is 34.5 Å². The van der Waals surface area contributed by atoms with Crippen LogP contribution in [0.3, 0.4) is 0 Å². The second-order valence-electron chi connectivity index (χ2n) is 4.22. The van der Waals surface area contributed by atoms with Gasteiger partial charge < -0.3 is 4.74 Å². The molecule has 6 nitrogen and oxygen atoms in total. The van der Waals surface area contributed by atoms with Crippen LogP contribution in [-0.2, 0) is 9.47 Å². The van der Waals surface area contributed by atoms with E-state index in [2.05, 4.69) is 10.2 Å². The van der Waals surface area contributed by atoms with Gasteiger partial charge in [-0.1, -0.05) is 5.11 Å². The lowest BCUT2D eigenvalue weighted by molar-refractivity contribution is -0.339. The maximum absolute atomic E-state index is 8.70. The van der Waals surface area contributed by atoms with Crippen LogP contribution in [0.5, 0.6) is 5.75 Å². The minimum Gasteiger partial charge on any atom is -0.420 e. The van der Waals surface area contributed by atoms with E-state index in [-0.39, 0.29) is 0 Å². The summed E-state index contributed by atoms with van der Waals surface area (Å²) in [6, 6.07) is 8.58. The van der Waals surface area contributed by atoms with Gasteiger partial charge in [0.05, 0.1) is 11.6 Å². The molecule has 0 saturated carbocycles. The van der Waals surface area contributed by atoms with Gasteiger partial charge in [0, 0.05) is 7.11 Å². The molecule has 0 saturated heterocycles. The van der Waals surface area contributed by atoms with Gasteiger partial charge in [0.25, 0.3) is 0 Å². The number of rotatable bonds is 3. The maximum atomic E-state index is 8.70. The number of nitrogens with zero attached hydrogens (tertiary/aromatic N) is 3. The van der Waals surface area contributed by atoms with Crippen molar-refractivity contribution in [3.63, 3.8) is 0 Å². The molecule has 1 heterocycles. The molecule has 1 unspecified atom stereocenters. The van der Waals surface area contributed by atoms with Gasteiger partial charge in [0.15, 0.2) is 5.72 Å². The molecule has 1 atom stereocenters. The summed E-state index contributed by atoms with van der Waals surface area (Å²) in [6.45, 7) is 3.50. The average molecular weight is 247 g/mol. The van der Waals surface area contributed by atoms with Crippen molar-refractivity contribution in [2.45, 2.75) is 25.7 Å². The topological polar surface area (TPSA) is 76.2 Å². The van der Waals surface area contributed by atoms with Gasteiger partial charge in [0.2, 0.25) is 0 Å². The predicted molar refractivity (Wildman–Crippen MR) is 61.5 cm³/mol. The van der Waals surface area contributed by atoms with Crippen LogP contribution in [0, 0.1) is 11.3 Å². The standard InChI is InChI=1S/C12H13N3O3/c1-11(2)14-15-12(16-3,18-11)17-10-6-4-9(8-13)5-7-10/h4-7H,1-3H3. The minimum atomic E-state index is -1.56. The molecule has 6 heteroatoms. The first-order chi connectivity index (χ1) is 8.49. The highest BCUT2D eigenvalue weighted by Gasteiger charge is 2.46. The van der Waals surface area contributed by atoms with Crippen molar-refractivity contribution in [1.29, 1.82) is 5.26 Å². The Hall–Kier alpha value is -1.97. The Morgan fingerprint density at radius 2 is 1.89 bits per heavy atom. The summed E-state index contributed by atoms with van der Waals surface area (Å²) in [7, 11) is 1.42. The SMILES string of the molecule is COC1(Oc2ccc(C#N)cc2)N=NC(C)(C)O1. The Balaban J connectivity index is 2.17. The second kappa shape index (κ2) is 4.37. The van der Waals surface area contributed by atoms with E-state index in [9.17, 15) is 0 Å². The molecule has 0 aromatic heterocycles. The predicted octanol–water partition coefficient (Wildman–Crippen LogP) is 2.41. The number of methoxy groups -OCH3 is 1. The van der Waals surface area contributed by atoms with Crippen molar-refractivity contribution in [1.82, 2.24) is 0 Å². The molecule has 0 radical (unpaired) electrons. The van der Waals surface area contributed by atoms with E-state index in [0.29, 0.717) is 11.3 Å². The molecule has 1 aromatic rings. The molecule has 18 heavy (non-hydrogen) atoms. The zero-order valence-electron chi connectivity index (χ0n) is 10.4. The highest BCUT2D eigenvalue weighted by Crippen LogP contribution is 2.34. The van der Waals surface area contributed by atoms with Crippen molar-refractivity contribution in [3.8, 4) is 11.8 Å². The first-order valence-corrected chi connectivity index (χ1v) is 5.37. The molecule has 0 spiro atoms. The van der Waals surface area contributed by atoms with Crippen LogP contribution in [0.4, 0.5) is 0 Å². The van der Waals surface area contributed by atoms with Crippen LogP contribution in [-0.4, -0.2) is 18.9 Å². The zero-order valence-corrected chi connectivity index (χ0v) is 10.4. The lowest BCUT2D eigenvalue weighted by atomic mass is 10.2. The summed E-state index contributed by atoms with van der Waals surface area (Å²) in [5, 5.41) is 16.5. The van der Waals surface area contributed by atoms with Gasteiger partial charge in [-0.05, 0) is 38.1 Å². The van der Waals surface area contributed by atoms with Gasteiger partial charge >= 0.3 is 6.10 Å². The van der Waals surface area contributed by atoms with Gasteiger partial charge in [-0.25, -0.2) is 0 Å². The molecule has 0 N–H and O–H groups in total. The van der Waals surface area contributed by atoms with E-state index < -0.39 is 11.8 Å². The number of ether oxygens (including phenoxy) is 3. The third-order valence-electron chi connectivity index (χ3n) is 2.28. The average Bonchev–Trinajstić information content (AvgIpc) is 2.67. The highest BCUT2D eigenvalue weighted by atomic mass is 16.9. The lowest BCUT2D eigenvalue weighted by Crippen LogP contribution is -2.40. The summed E-state index contributed by atoms with van der Waals surface area (Å²) in [4.78, 5) is 0. The molecule has 0 fully saturated rings. The van der Waals surface area contributed by atoms with Crippen molar-refractivity contribution in [2.75, 3.05) is 7.11 Å². The fourth-order valence-electron chi connectivity index (χ4n) is 1.45. The molecule has 0 amide bonds. The van der Waals surface area contributed by atoms with Gasteiger partial charge in [0.1, 0.15) is 5.75 Å². The number of hydrogen-bond donors (Lipinski definition) is 0. The largest absolute Gasteiger partial charge is 0.461 e. The third-order valence-corrected chi connectivity index (χ3v) is 2.28. The van der Waals surface area contributed by atoms with Gasteiger partial charge in [-0.15, -0.1) is 0 Å². The molecule has 2 rings (SSSR count). The van der Waals surface area contributed by atoms with Crippen molar-refractivity contribution < 1.29 is 14.2 Å². The number of azo groups is 1. The Morgan fingerprint density at radius 3 is 2.33 bits per heavy atom. The molecule has 0 bridgehead atoms. The number of nitriles is 1. The molecule has 1 aliphatic heterocycles. The highest BCUT2D eigenvalue weighted by molar-refractivity contribution is 5.34. The summed E-state index contributed by atoms with van der Waals surface area (Å²) in [6.07, 6.45) is -1.56. The smallest absolute Gasteiger partial charge is 0.420 e. The maximum Gasteiger partial charge on any atom is 0.461 e. The Labute approximate surface area is 105 Å². The molecule has 0 aliphatic carbocycles. The number of benzene rings is 1. The van der Waals surface area contributed by atoms with E-state index in [0.717, 1.165) is 0 Å². The molecule has 1 aliphatic rings. The van der Waals surface area contributed by atoms with Crippen LogP contribution in [0.1, 0.15) is 19.4 Å². The second-order valence-corrected chi connectivity index (χ2v) is 4.22. The first kappa shape index (κ1) is 12.5. The van der Waals surface area contributed by atoms with E-state index in [1.807, 2.05) is 6.07 Å². The third kappa shape index (κ3) is 2.47. The Kier molecular flexibility index (Phi) is 3.03. The normalized spacial score (nSPS) is 24.8. The van der Waals surface area contributed by atoms with Crippen LogP contribution in [0.25, 0.3) is 0 Å². The summed E-state index contributed by atoms with van der Waals surface area (Å²) in [5.74, 6) is 0.479. The van der Waals surface area contributed by atoms with Crippen molar-refractivity contribution >= 4 is 0 Å². The van der Waals surface area contributed by atoms with E-state index in [1.165, 1.54) is 7.11 Å². The van der Waals surface area contributed by atoms with Gasteiger partial charge in [-0.2, -0.15) is 10.4 Å². The number of hydrogen-bond acceptors (Lipinski definition) is 6. The Morgan fingerprint density at radius 1 is 1.22 bits per heavy atom. The Bertz CT molecular complexity index is 504. The van der Waals surface area contributed by atoms with E-state index >= 15 is 0 Å². The van der Waals surface area contributed by atoms with Crippen molar-refractivity contribution in [3.05, 3.63) is 29.8 Å². The van der Waals surface area contributed by atoms with E-state index in [4.69, 9.17) is 19.5 Å². The summed E-state index contributed by atoms with van der Waals surface area (Å²) >= 11 is 0. The molecular weight excluding hydrogens is 234 g/mol. The monoisotopic (exact) mass is 247 g/mol. The van der Waals surface area contributed by atoms with Crippen molar-refractivity contribution in [2.24, 2.45) is 10.2 Å².